The van der Waals surface area contributed by atoms with Gasteiger partial charge in [0.15, 0.2) is 5.82 Å². The van der Waals surface area contributed by atoms with Crippen LogP contribution in [0.5, 0.6) is 0 Å². The van der Waals surface area contributed by atoms with Gasteiger partial charge in [0.25, 0.3) is 0 Å². The Kier molecular flexibility index (Phi) is 3.72. The highest BCUT2D eigenvalue weighted by Crippen LogP contribution is 2.14. The first-order chi connectivity index (χ1) is 8.70. The summed E-state index contributed by atoms with van der Waals surface area (Å²) in [6.07, 6.45) is 0. The molecule has 1 aromatic carbocycles. The number of aryl methyl sites for hydroxylation is 1. The third-order valence-electron chi connectivity index (χ3n) is 2.47. The van der Waals surface area contributed by atoms with Crippen molar-refractivity contribution in [3.63, 3.8) is 0 Å². The maximum absolute atomic E-state index is 11.4. The number of esters is 1. The van der Waals surface area contributed by atoms with E-state index in [4.69, 9.17) is 4.74 Å². The Labute approximate surface area is 105 Å². The van der Waals surface area contributed by atoms with Crippen LogP contribution in [0, 0.1) is 6.92 Å². The maximum Gasteiger partial charge on any atom is 0.327 e. The summed E-state index contributed by atoms with van der Waals surface area (Å²) in [5.74, 6) is 1.02. The van der Waals surface area contributed by atoms with Crippen LogP contribution in [0.25, 0.3) is 11.4 Å². The van der Waals surface area contributed by atoms with Crippen molar-refractivity contribution in [3.8, 4) is 11.4 Å². The molecule has 0 aliphatic carbocycles. The summed E-state index contributed by atoms with van der Waals surface area (Å²) in [5, 5.41) is 4.31. The lowest BCUT2D eigenvalue weighted by molar-refractivity contribution is -0.144. The summed E-state index contributed by atoms with van der Waals surface area (Å²) in [6.45, 7) is 4.07. The molecule has 5 nitrogen and oxygen atoms in total. The minimum absolute atomic E-state index is 0.0967. The van der Waals surface area contributed by atoms with Crippen molar-refractivity contribution in [2.24, 2.45) is 0 Å². The number of carbonyl (C=O) groups is 1. The zero-order valence-corrected chi connectivity index (χ0v) is 10.5. The van der Waals surface area contributed by atoms with Gasteiger partial charge in [-0.1, -0.05) is 30.3 Å². The van der Waals surface area contributed by atoms with Gasteiger partial charge in [0.2, 0.25) is 0 Å². The van der Waals surface area contributed by atoms with E-state index in [1.807, 2.05) is 37.3 Å². The van der Waals surface area contributed by atoms with Gasteiger partial charge in [-0.05, 0) is 13.8 Å². The molecule has 0 atom stereocenters. The molecule has 0 aliphatic heterocycles. The molecule has 0 unspecified atom stereocenters. The molecular formula is C13H15N3O2. The van der Waals surface area contributed by atoms with Gasteiger partial charge >= 0.3 is 5.97 Å². The fourth-order valence-corrected chi connectivity index (χ4v) is 1.61. The Morgan fingerprint density at radius 1 is 1.33 bits per heavy atom. The molecule has 0 N–H and O–H groups in total. The molecule has 0 fully saturated rings. The minimum atomic E-state index is -0.301. The molecule has 0 bridgehead atoms. The molecule has 2 rings (SSSR count). The van der Waals surface area contributed by atoms with Crippen LogP contribution >= 0.6 is 0 Å². The summed E-state index contributed by atoms with van der Waals surface area (Å²) in [4.78, 5) is 15.7. The van der Waals surface area contributed by atoms with Crippen LogP contribution in [0.2, 0.25) is 0 Å². The number of hydrogen-bond acceptors (Lipinski definition) is 4. The summed E-state index contributed by atoms with van der Waals surface area (Å²) < 4.78 is 6.44. The van der Waals surface area contributed by atoms with E-state index in [0.717, 1.165) is 5.56 Å². The summed E-state index contributed by atoms with van der Waals surface area (Å²) in [7, 11) is 0. The van der Waals surface area contributed by atoms with Crippen LogP contribution in [0.4, 0.5) is 0 Å². The molecule has 0 spiro atoms. The van der Waals surface area contributed by atoms with Gasteiger partial charge in [-0.2, -0.15) is 5.10 Å². The van der Waals surface area contributed by atoms with Crippen LogP contribution < -0.4 is 0 Å². The van der Waals surface area contributed by atoms with Crippen molar-refractivity contribution in [2.75, 3.05) is 6.61 Å². The van der Waals surface area contributed by atoms with Crippen molar-refractivity contribution in [3.05, 3.63) is 36.2 Å². The van der Waals surface area contributed by atoms with Crippen molar-refractivity contribution in [2.45, 2.75) is 20.4 Å². The van der Waals surface area contributed by atoms with Crippen molar-refractivity contribution < 1.29 is 9.53 Å². The lowest BCUT2D eigenvalue weighted by Gasteiger charge is -2.02. The first kappa shape index (κ1) is 12.3. The zero-order valence-electron chi connectivity index (χ0n) is 10.5. The van der Waals surface area contributed by atoms with E-state index in [1.54, 1.807) is 11.6 Å². The molecule has 94 valence electrons. The highest BCUT2D eigenvalue weighted by Gasteiger charge is 2.11. The number of rotatable bonds is 4. The Hall–Kier alpha value is -2.17. The Morgan fingerprint density at radius 2 is 2.06 bits per heavy atom. The van der Waals surface area contributed by atoms with Gasteiger partial charge in [0.05, 0.1) is 6.61 Å². The number of hydrogen-bond donors (Lipinski definition) is 0. The van der Waals surface area contributed by atoms with E-state index in [9.17, 15) is 4.79 Å². The first-order valence-electron chi connectivity index (χ1n) is 5.83. The second-order valence-electron chi connectivity index (χ2n) is 3.81. The lowest BCUT2D eigenvalue weighted by atomic mass is 10.2. The molecule has 1 heterocycles. The van der Waals surface area contributed by atoms with Crippen molar-refractivity contribution >= 4 is 5.97 Å². The largest absolute Gasteiger partial charge is 0.465 e. The van der Waals surface area contributed by atoms with Crippen LogP contribution in [0.1, 0.15) is 12.7 Å². The van der Waals surface area contributed by atoms with Gasteiger partial charge in [0, 0.05) is 5.56 Å². The predicted octanol–water partition coefficient (Wildman–Crippen LogP) is 1.82. The van der Waals surface area contributed by atoms with E-state index in [2.05, 4.69) is 10.1 Å². The molecule has 0 aliphatic rings. The maximum atomic E-state index is 11.4. The van der Waals surface area contributed by atoms with E-state index >= 15 is 0 Å². The van der Waals surface area contributed by atoms with Crippen LogP contribution in [0.15, 0.2) is 30.3 Å². The fourth-order valence-electron chi connectivity index (χ4n) is 1.61. The van der Waals surface area contributed by atoms with Gasteiger partial charge in [-0.15, -0.1) is 0 Å². The number of carbonyl (C=O) groups excluding carboxylic acids is 1. The number of benzene rings is 1. The van der Waals surface area contributed by atoms with Gasteiger partial charge in [-0.25, -0.2) is 9.67 Å². The second-order valence-corrected chi connectivity index (χ2v) is 3.81. The van der Waals surface area contributed by atoms with Gasteiger partial charge < -0.3 is 4.74 Å². The van der Waals surface area contributed by atoms with Gasteiger partial charge in [0.1, 0.15) is 12.4 Å². The van der Waals surface area contributed by atoms with E-state index in [0.29, 0.717) is 18.3 Å². The molecule has 5 heteroatoms. The normalized spacial score (nSPS) is 10.3. The zero-order chi connectivity index (χ0) is 13.0. The monoisotopic (exact) mass is 245 g/mol. The molecule has 0 amide bonds. The minimum Gasteiger partial charge on any atom is -0.465 e. The molecule has 18 heavy (non-hydrogen) atoms. The molecule has 0 saturated carbocycles. The lowest BCUT2D eigenvalue weighted by Crippen LogP contribution is -2.15. The molecule has 0 saturated heterocycles. The molecular weight excluding hydrogens is 230 g/mol. The van der Waals surface area contributed by atoms with Crippen LogP contribution in [0.3, 0.4) is 0 Å². The molecule has 2 aromatic rings. The van der Waals surface area contributed by atoms with E-state index < -0.39 is 0 Å². The fraction of sp³-hybridized carbons (Fsp3) is 0.308. The van der Waals surface area contributed by atoms with E-state index in [-0.39, 0.29) is 12.5 Å². The van der Waals surface area contributed by atoms with E-state index in [1.165, 1.54) is 0 Å². The van der Waals surface area contributed by atoms with Crippen LogP contribution in [-0.4, -0.2) is 27.3 Å². The standard InChI is InChI=1S/C13H15N3O2/c1-3-18-12(17)9-16-10(2)14-13(15-16)11-7-5-4-6-8-11/h4-8H,3,9H2,1-2H3. The Balaban J connectivity index is 2.20. The Morgan fingerprint density at radius 3 is 2.72 bits per heavy atom. The van der Waals surface area contributed by atoms with Crippen molar-refractivity contribution in [1.29, 1.82) is 0 Å². The highest BCUT2D eigenvalue weighted by atomic mass is 16.5. The number of ether oxygens (including phenoxy) is 1. The van der Waals surface area contributed by atoms with Crippen LogP contribution in [-0.2, 0) is 16.1 Å². The highest BCUT2D eigenvalue weighted by molar-refractivity contribution is 5.69. The summed E-state index contributed by atoms with van der Waals surface area (Å²) >= 11 is 0. The quantitative estimate of drug-likeness (QED) is 0.771. The SMILES string of the molecule is CCOC(=O)Cn1nc(-c2ccccc2)nc1C. The first-order valence-corrected chi connectivity index (χ1v) is 5.83. The van der Waals surface area contributed by atoms with Crippen molar-refractivity contribution in [1.82, 2.24) is 14.8 Å². The average molecular weight is 245 g/mol. The summed E-state index contributed by atoms with van der Waals surface area (Å²) in [6, 6.07) is 9.66. The Bertz CT molecular complexity index is 534. The number of nitrogens with zero attached hydrogens (tertiary/aromatic N) is 3. The third-order valence-corrected chi connectivity index (χ3v) is 2.47. The predicted molar refractivity (Wildman–Crippen MR) is 66.8 cm³/mol. The smallest absolute Gasteiger partial charge is 0.327 e. The topological polar surface area (TPSA) is 57.0 Å². The van der Waals surface area contributed by atoms with Gasteiger partial charge in [-0.3, -0.25) is 4.79 Å². The summed E-state index contributed by atoms with van der Waals surface area (Å²) in [5.41, 5.74) is 0.934. The number of aromatic nitrogens is 3. The molecule has 0 radical (unpaired) electrons. The third kappa shape index (κ3) is 2.74. The molecule has 1 aromatic heterocycles. The second kappa shape index (κ2) is 5.44. The average Bonchev–Trinajstić information content (AvgIpc) is 2.72.